The topological polar surface area (TPSA) is 169 Å². The summed E-state index contributed by atoms with van der Waals surface area (Å²) >= 11 is 0. The lowest BCUT2D eigenvalue weighted by Gasteiger charge is -2.36. The van der Waals surface area contributed by atoms with E-state index in [0.717, 1.165) is 11.4 Å². The first-order valence-electron chi connectivity index (χ1n) is 11.3. The molecule has 1 aliphatic rings. The van der Waals surface area contributed by atoms with Crippen LogP contribution in [0.5, 0.6) is 5.75 Å². The molecule has 0 saturated carbocycles. The quantitative estimate of drug-likeness (QED) is 0.321. The van der Waals surface area contributed by atoms with Gasteiger partial charge in [-0.15, -0.1) is 0 Å². The van der Waals surface area contributed by atoms with Gasteiger partial charge in [-0.1, -0.05) is 12.1 Å². The number of amides is 1. The molecule has 1 amide bonds. The lowest BCUT2D eigenvalue weighted by Crippen LogP contribution is -2.47. The van der Waals surface area contributed by atoms with Crippen molar-refractivity contribution in [2.45, 2.75) is 6.42 Å². The van der Waals surface area contributed by atoms with Gasteiger partial charge in [0, 0.05) is 44.0 Å². The highest BCUT2D eigenvalue weighted by Crippen LogP contribution is 2.32. The number of carbonyl (C=O) groups excluding carboxylic acids is 1. The SMILES string of the molecule is COc1ccc(N2CCN(c3ncnc(NNC(=O)Cc4ccc([N+](=O)[O-])cc4)c3[N+](=O)[O-])CC2)cc1. The average Bonchev–Trinajstić information content (AvgIpc) is 2.92. The first-order chi connectivity index (χ1) is 17.9. The predicted octanol–water partition coefficient (Wildman–Crippen LogP) is 2.31. The largest absolute Gasteiger partial charge is 0.497 e. The minimum absolute atomic E-state index is 0.0868. The van der Waals surface area contributed by atoms with E-state index in [-0.39, 0.29) is 29.4 Å². The van der Waals surface area contributed by atoms with E-state index in [2.05, 4.69) is 25.7 Å². The van der Waals surface area contributed by atoms with Crippen LogP contribution in [0.25, 0.3) is 0 Å². The first kappa shape index (κ1) is 25.1. The smallest absolute Gasteiger partial charge is 0.355 e. The molecule has 0 atom stereocenters. The van der Waals surface area contributed by atoms with Crippen molar-refractivity contribution in [1.29, 1.82) is 0 Å². The highest BCUT2D eigenvalue weighted by atomic mass is 16.6. The Morgan fingerprint density at radius 2 is 1.59 bits per heavy atom. The molecule has 2 heterocycles. The molecule has 1 fully saturated rings. The van der Waals surface area contributed by atoms with Crippen LogP contribution in [0, 0.1) is 20.2 Å². The molecule has 14 heteroatoms. The molecule has 1 aliphatic heterocycles. The van der Waals surface area contributed by atoms with Crippen molar-refractivity contribution in [3.63, 3.8) is 0 Å². The zero-order valence-corrected chi connectivity index (χ0v) is 19.9. The number of nitrogens with one attached hydrogen (secondary N) is 2. The maximum absolute atomic E-state index is 12.3. The Hall–Kier alpha value is -5.01. The van der Waals surface area contributed by atoms with Crippen molar-refractivity contribution >= 4 is 34.6 Å². The zero-order valence-electron chi connectivity index (χ0n) is 19.9. The Kier molecular flexibility index (Phi) is 7.56. The second-order valence-corrected chi connectivity index (χ2v) is 8.10. The maximum Gasteiger partial charge on any atom is 0.355 e. The van der Waals surface area contributed by atoms with Crippen LogP contribution in [0.4, 0.5) is 28.7 Å². The Balaban J connectivity index is 1.40. The summed E-state index contributed by atoms with van der Waals surface area (Å²) in [6.45, 7) is 2.25. The summed E-state index contributed by atoms with van der Waals surface area (Å²) in [5, 5.41) is 22.7. The van der Waals surface area contributed by atoms with Crippen LogP contribution in [0.3, 0.4) is 0 Å². The van der Waals surface area contributed by atoms with E-state index in [1.54, 1.807) is 7.11 Å². The molecule has 1 aromatic heterocycles. The van der Waals surface area contributed by atoms with Crippen molar-refractivity contribution in [2.75, 3.05) is 48.5 Å². The van der Waals surface area contributed by atoms with Crippen LogP contribution in [-0.4, -0.2) is 59.0 Å². The number of carbonyl (C=O) groups is 1. The molecule has 0 spiro atoms. The third kappa shape index (κ3) is 5.98. The molecule has 3 aromatic rings. The van der Waals surface area contributed by atoms with Gasteiger partial charge < -0.3 is 14.5 Å². The molecular formula is C23H24N8O6. The van der Waals surface area contributed by atoms with E-state index in [1.807, 2.05) is 29.2 Å². The van der Waals surface area contributed by atoms with Gasteiger partial charge in [-0.25, -0.2) is 9.97 Å². The number of hydrazine groups is 1. The first-order valence-corrected chi connectivity index (χ1v) is 11.3. The fourth-order valence-electron chi connectivity index (χ4n) is 3.92. The second-order valence-electron chi connectivity index (χ2n) is 8.10. The summed E-state index contributed by atoms with van der Waals surface area (Å²) in [4.78, 5) is 46.0. The highest BCUT2D eigenvalue weighted by Gasteiger charge is 2.29. The van der Waals surface area contributed by atoms with E-state index in [0.29, 0.717) is 31.7 Å². The summed E-state index contributed by atoms with van der Waals surface area (Å²) in [6, 6.07) is 13.2. The highest BCUT2D eigenvalue weighted by molar-refractivity contribution is 5.81. The minimum atomic E-state index is -0.587. The Bertz CT molecular complexity index is 1280. The molecular weight excluding hydrogens is 484 g/mol. The van der Waals surface area contributed by atoms with Gasteiger partial charge in [-0.2, -0.15) is 0 Å². The summed E-state index contributed by atoms with van der Waals surface area (Å²) in [5.74, 6) is 0.265. The van der Waals surface area contributed by atoms with Crippen LogP contribution in [0.1, 0.15) is 5.56 Å². The molecule has 4 rings (SSSR count). The van der Waals surface area contributed by atoms with Crippen molar-refractivity contribution in [3.05, 3.63) is 80.7 Å². The molecule has 0 radical (unpaired) electrons. The summed E-state index contributed by atoms with van der Waals surface area (Å²) in [5.41, 5.74) is 6.04. The fraction of sp³-hybridized carbons (Fsp3) is 0.261. The lowest BCUT2D eigenvalue weighted by atomic mass is 10.1. The average molecular weight is 508 g/mol. The van der Waals surface area contributed by atoms with Crippen molar-refractivity contribution in [2.24, 2.45) is 0 Å². The number of non-ortho nitro benzene ring substituents is 1. The number of ether oxygens (including phenoxy) is 1. The van der Waals surface area contributed by atoms with Gasteiger partial charge in [0.2, 0.25) is 17.5 Å². The van der Waals surface area contributed by atoms with E-state index < -0.39 is 15.8 Å². The third-order valence-electron chi connectivity index (χ3n) is 5.83. The molecule has 0 aliphatic carbocycles. The van der Waals surface area contributed by atoms with Gasteiger partial charge in [0.25, 0.3) is 5.69 Å². The standard InChI is InChI=1S/C23H24N8O6/c1-37-19-8-6-17(7-9-19)28-10-12-29(13-11-28)23-21(31(35)36)22(24-15-25-23)27-26-20(32)14-16-2-4-18(5-3-16)30(33)34/h2-9,15H,10-14H2,1H3,(H,26,32)(H,24,25,27). The van der Waals surface area contributed by atoms with Gasteiger partial charge in [-0.3, -0.25) is 35.9 Å². The van der Waals surface area contributed by atoms with Gasteiger partial charge in [0.1, 0.15) is 12.1 Å². The number of piperazine rings is 1. The summed E-state index contributed by atoms with van der Waals surface area (Å²) in [7, 11) is 1.61. The Morgan fingerprint density at radius 3 is 2.19 bits per heavy atom. The number of aromatic nitrogens is 2. The van der Waals surface area contributed by atoms with Crippen LogP contribution in [0.15, 0.2) is 54.9 Å². The predicted molar refractivity (Wildman–Crippen MR) is 135 cm³/mol. The number of hydrogen-bond acceptors (Lipinski definition) is 11. The number of rotatable bonds is 9. The van der Waals surface area contributed by atoms with Gasteiger partial charge >= 0.3 is 5.69 Å². The van der Waals surface area contributed by atoms with Gasteiger partial charge in [0.15, 0.2) is 0 Å². The minimum Gasteiger partial charge on any atom is -0.497 e. The van der Waals surface area contributed by atoms with Crippen molar-refractivity contribution in [1.82, 2.24) is 15.4 Å². The fourth-order valence-corrected chi connectivity index (χ4v) is 3.92. The monoisotopic (exact) mass is 508 g/mol. The lowest BCUT2D eigenvalue weighted by molar-refractivity contribution is -0.384. The van der Waals surface area contributed by atoms with Crippen LogP contribution in [0.2, 0.25) is 0 Å². The normalized spacial score (nSPS) is 13.1. The Labute approximate surface area is 211 Å². The van der Waals surface area contributed by atoms with Crippen LogP contribution in [-0.2, 0) is 11.2 Å². The van der Waals surface area contributed by atoms with Gasteiger partial charge in [0.05, 0.1) is 23.4 Å². The number of nitrogens with zero attached hydrogens (tertiary/aromatic N) is 6. The number of hydrogen-bond donors (Lipinski definition) is 2. The molecule has 2 aromatic carbocycles. The molecule has 1 saturated heterocycles. The van der Waals surface area contributed by atoms with E-state index in [1.165, 1.54) is 30.6 Å². The van der Waals surface area contributed by atoms with E-state index in [9.17, 15) is 25.0 Å². The number of anilines is 3. The second kappa shape index (κ2) is 11.2. The van der Waals surface area contributed by atoms with E-state index in [4.69, 9.17) is 4.74 Å². The molecule has 0 bridgehead atoms. The third-order valence-corrected chi connectivity index (χ3v) is 5.83. The molecule has 0 unspecified atom stereocenters. The van der Waals surface area contributed by atoms with Crippen LogP contribution < -0.4 is 25.4 Å². The molecule has 192 valence electrons. The number of nitro benzene ring substituents is 1. The molecule has 14 nitrogen and oxygen atoms in total. The van der Waals surface area contributed by atoms with Crippen LogP contribution >= 0.6 is 0 Å². The number of benzene rings is 2. The number of nitro groups is 2. The van der Waals surface area contributed by atoms with Gasteiger partial charge in [-0.05, 0) is 29.8 Å². The Morgan fingerprint density at radius 1 is 0.946 bits per heavy atom. The zero-order chi connectivity index (χ0) is 26.4. The molecule has 2 N–H and O–H groups in total. The van der Waals surface area contributed by atoms with E-state index >= 15 is 0 Å². The van der Waals surface area contributed by atoms with Crippen molar-refractivity contribution in [3.8, 4) is 5.75 Å². The maximum atomic E-state index is 12.3. The molecule has 37 heavy (non-hydrogen) atoms. The number of methoxy groups -OCH3 is 1. The summed E-state index contributed by atoms with van der Waals surface area (Å²) < 4.78 is 5.20. The summed E-state index contributed by atoms with van der Waals surface area (Å²) in [6.07, 6.45) is 1.10. The van der Waals surface area contributed by atoms with Crippen molar-refractivity contribution < 1.29 is 19.4 Å².